The summed E-state index contributed by atoms with van der Waals surface area (Å²) in [6.45, 7) is 0. The highest BCUT2D eigenvalue weighted by atomic mass is 16.6. The Morgan fingerprint density at radius 3 is 2.33 bits per heavy atom. The van der Waals surface area contributed by atoms with Crippen LogP contribution in [0.3, 0.4) is 0 Å². The molecule has 0 spiro atoms. The molecule has 2 rings (SSSR count). The maximum atomic E-state index is 11.9. The lowest BCUT2D eigenvalue weighted by Crippen LogP contribution is -2.25. The Morgan fingerprint density at radius 2 is 1.78 bits per heavy atom. The zero-order valence-electron chi connectivity index (χ0n) is 9.15. The van der Waals surface area contributed by atoms with Crippen LogP contribution in [0.1, 0.15) is 10.4 Å². The second kappa shape index (κ2) is 4.62. The smallest absolute Gasteiger partial charge is 0.269 e. The molecule has 0 saturated heterocycles. The molecule has 0 aliphatic rings. The summed E-state index contributed by atoms with van der Waals surface area (Å²) in [5.41, 5.74) is -0.332. The van der Waals surface area contributed by atoms with Gasteiger partial charge < -0.3 is 0 Å². The monoisotopic (exact) mass is 244 g/mol. The average Bonchev–Trinajstić information content (AvgIpc) is 2.38. The predicted octanol–water partition coefficient (Wildman–Crippen LogP) is 1.44. The molecule has 6 heteroatoms. The van der Waals surface area contributed by atoms with E-state index >= 15 is 0 Å². The van der Waals surface area contributed by atoms with E-state index in [-0.39, 0.29) is 11.3 Å². The van der Waals surface area contributed by atoms with E-state index in [0.29, 0.717) is 0 Å². The number of non-ortho nitro benzene ring substituents is 1. The van der Waals surface area contributed by atoms with Gasteiger partial charge in [-0.3, -0.25) is 19.7 Å². The Hall–Kier alpha value is -2.76. The van der Waals surface area contributed by atoms with Crippen LogP contribution in [0.4, 0.5) is 5.69 Å². The first-order valence-electron chi connectivity index (χ1n) is 5.06. The number of benzene rings is 1. The van der Waals surface area contributed by atoms with Crippen LogP contribution in [0.25, 0.3) is 0 Å². The summed E-state index contributed by atoms with van der Waals surface area (Å²) in [6.07, 6.45) is 1.35. The molecule has 90 valence electrons. The Morgan fingerprint density at radius 1 is 1.11 bits per heavy atom. The molecule has 0 saturated carbocycles. The maximum Gasteiger partial charge on any atom is 0.269 e. The van der Waals surface area contributed by atoms with Crippen LogP contribution in [-0.4, -0.2) is 15.4 Å². The summed E-state index contributed by atoms with van der Waals surface area (Å²) in [4.78, 5) is 33.3. The summed E-state index contributed by atoms with van der Waals surface area (Å²) in [7, 11) is 0. The van der Waals surface area contributed by atoms with Crippen molar-refractivity contribution in [3.8, 4) is 0 Å². The second-order valence-electron chi connectivity index (χ2n) is 3.52. The van der Waals surface area contributed by atoms with E-state index < -0.39 is 16.4 Å². The number of hydrogen-bond acceptors (Lipinski definition) is 4. The molecule has 0 aliphatic heterocycles. The van der Waals surface area contributed by atoms with Crippen LogP contribution in [0.2, 0.25) is 0 Å². The molecule has 2 aromatic rings. The van der Waals surface area contributed by atoms with Crippen molar-refractivity contribution in [3.05, 3.63) is 74.7 Å². The van der Waals surface area contributed by atoms with Gasteiger partial charge in [0.25, 0.3) is 17.2 Å². The van der Waals surface area contributed by atoms with E-state index in [1.54, 1.807) is 6.07 Å². The highest BCUT2D eigenvalue weighted by Crippen LogP contribution is 2.12. The molecule has 0 fully saturated rings. The summed E-state index contributed by atoms with van der Waals surface area (Å²) in [6, 6.07) is 9.44. The molecule has 0 aliphatic carbocycles. The van der Waals surface area contributed by atoms with Crippen LogP contribution >= 0.6 is 0 Å². The maximum absolute atomic E-state index is 11.9. The molecular weight excluding hydrogens is 236 g/mol. The third-order valence-electron chi connectivity index (χ3n) is 2.37. The second-order valence-corrected chi connectivity index (χ2v) is 3.52. The summed E-state index contributed by atoms with van der Waals surface area (Å²) in [5.74, 6) is -0.518. The van der Waals surface area contributed by atoms with Crippen molar-refractivity contribution in [2.45, 2.75) is 0 Å². The summed E-state index contributed by atoms with van der Waals surface area (Å²) >= 11 is 0. The minimum Gasteiger partial charge on any atom is -0.269 e. The first kappa shape index (κ1) is 11.7. The van der Waals surface area contributed by atoms with Crippen molar-refractivity contribution < 1.29 is 9.72 Å². The van der Waals surface area contributed by atoms with Crippen LogP contribution in [-0.2, 0) is 0 Å². The predicted molar refractivity (Wildman–Crippen MR) is 63.5 cm³/mol. The fourth-order valence-electron chi connectivity index (χ4n) is 1.46. The molecule has 0 unspecified atom stereocenters. The lowest BCUT2D eigenvalue weighted by atomic mass is 10.2. The van der Waals surface area contributed by atoms with E-state index in [4.69, 9.17) is 0 Å². The van der Waals surface area contributed by atoms with Crippen molar-refractivity contribution in [2.75, 3.05) is 0 Å². The zero-order chi connectivity index (χ0) is 13.1. The molecule has 1 aromatic heterocycles. The van der Waals surface area contributed by atoms with Gasteiger partial charge in [0.15, 0.2) is 0 Å². The molecule has 0 radical (unpaired) electrons. The van der Waals surface area contributed by atoms with Crippen molar-refractivity contribution >= 4 is 11.6 Å². The van der Waals surface area contributed by atoms with Crippen molar-refractivity contribution in [1.82, 2.24) is 4.57 Å². The lowest BCUT2D eigenvalue weighted by molar-refractivity contribution is -0.384. The van der Waals surface area contributed by atoms with Crippen molar-refractivity contribution in [1.29, 1.82) is 0 Å². The van der Waals surface area contributed by atoms with Gasteiger partial charge in [-0.05, 0) is 18.2 Å². The van der Waals surface area contributed by atoms with Gasteiger partial charge in [0.05, 0.1) is 4.92 Å². The van der Waals surface area contributed by atoms with E-state index in [1.807, 2.05) is 0 Å². The number of nitro benzene ring substituents is 1. The number of pyridine rings is 1. The lowest BCUT2D eigenvalue weighted by Gasteiger charge is -2.03. The number of carbonyl (C=O) groups excluding carboxylic acids is 1. The molecule has 0 atom stereocenters. The van der Waals surface area contributed by atoms with E-state index in [0.717, 1.165) is 4.57 Å². The SMILES string of the molecule is O=C(c1ccc([N+](=O)[O-])cc1)n1ccccc1=O. The quantitative estimate of drug-likeness (QED) is 0.591. The Labute approximate surface area is 101 Å². The fraction of sp³-hybridized carbons (Fsp3) is 0. The normalized spacial score (nSPS) is 10.0. The Bertz CT molecular complexity index is 658. The van der Waals surface area contributed by atoms with Crippen LogP contribution in [0, 0.1) is 10.1 Å². The number of hydrogen-bond donors (Lipinski definition) is 0. The van der Waals surface area contributed by atoms with Crippen molar-refractivity contribution in [3.63, 3.8) is 0 Å². The fourth-order valence-corrected chi connectivity index (χ4v) is 1.46. The first-order valence-corrected chi connectivity index (χ1v) is 5.06. The first-order chi connectivity index (χ1) is 8.59. The largest absolute Gasteiger partial charge is 0.269 e. The highest BCUT2D eigenvalue weighted by Gasteiger charge is 2.11. The van der Waals surface area contributed by atoms with E-state index in [2.05, 4.69) is 0 Å². The topological polar surface area (TPSA) is 82.2 Å². The minimum absolute atomic E-state index is 0.105. The summed E-state index contributed by atoms with van der Waals surface area (Å²) < 4.78 is 0.946. The molecular formula is C12H8N2O4. The molecule has 0 bridgehead atoms. The molecule has 0 N–H and O–H groups in total. The minimum atomic E-state index is -0.553. The number of aromatic nitrogens is 1. The number of nitro groups is 1. The van der Waals surface area contributed by atoms with Gasteiger partial charge in [-0.25, -0.2) is 4.57 Å². The molecule has 18 heavy (non-hydrogen) atoms. The van der Waals surface area contributed by atoms with Crippen LogP contribution in [0.15, 0.2) is 53.5 Å². The molecule has 1 heterocycles. The van der Waals surface area contributed by atoms with Gasteiger partial charge >= 0.3 is 0 Å². The number of nitrogens with zero attached hydrogens (tertiary/aromatic N) is 2. The molecule has 0 amide bonds. The highest BCUT2D eigenvalue weighted by molar-refractivity contribution is 5.95. The molecule has 1 aromatic carbocycles. The van der Waals surface area contributed by atoms with Crippen LogP contribution < -0.4 is 5.56 Å². The molecule has 6 nitrogen and oxygen atoms in total. The van der Waals surface area contributed by atoms with Crippen molar-refractivity contribution in [2.24, 2.45) is 0 Å². The zero-order valence-corrected chi connectivity index (χ0v) is 9.15. The third-order valence-corrected chi connectivity index (χ3v) is 2.37. The van der Waals surface area contributed by atoms with Gasteiger partial charge in [0, 0.05) is 30.0 Å². The standard InChI is InChI=1S/C12H8N2O4/c15-11-3-1-2-8-13(11)12(16)9-4-6-10(7-5-9)14(17)18/h1-8H. The Balaban J connectivity index is 2.38. The summed E-state index contributed by atoms with van der Waals surface area (Å²) in [5, 5.41) is 10.5. The van der Waals surface area contributed by atoms with E-state index in [1.165, 1.54) is 42.6 Å². The van der Waals surface area contributed by atoms with Gasteiger partial charge in [0.2, 0.25) is 0 Å². The number of carbonyl (C=O) groups is 1. The van der Waals surface area contributed by atoms with Gasteiger partial charge in [0.1, 0.15) is 0 Å². The van der Waals surface area contributed by atoms with Gasteiger partial charge in [-0.15, -0.1) is 0 Å². The Kier molecular flexibility index (Phi) is 3.01. The third kappa shape index (κ3) is 2.17. The van der Waals surface area contributed by atoms with E-state index in [9.17, 15) is 19.7 Å². The average molecular weight is 244 g/mol. The van der Waals surface area contributed by atoms with Gasteiger partial charge in [-0.2, -0.15) is 0 Å². The number of rotatable bonds is 2. The van der Waals surface area contributed by atoms with Gasteiger partial charge in [-0.1, -0.05) is 6.07 Å². The van der Waals surface area contributed by atoms with Crippen LogP contribution in [0.5, 0.6) is 0 Å².